The number of rotatable bonds is 12. The van der Waals surface area contributed by atoms with Crippen LogP contribution in [0.3, 0.4) is 0 Å². The molecular weight excluding hydrogens is 440 g/mol. The van der Waals surface area contributed by atoms with Crippen LogP contribution in [0.5, 0.6) is 23.0 Å². The first-order valence-electron chi connectivity index (χ1n) is 11.1. The molecule has 3 aromatic rings. The van der Waals surface area contributed by atoms with E-state index in [-0.39, 0.29) is 12.5 Å². The highest BCUT2D eigenvalue weighted by Crippen LogP contribution is 2.35. The molecule has 0 aliphatic carbocycles. The summed E-state index contributed by atoms with van der Waals surface area (Å²) in [6.45, 7) is 4.53. The summed E-state index contributed by atoms with van der Waals surface area (Å²) in [5.74, 6) is 1.87. The third-order valence-electron chi connectivity index (χ3n) is 5.16. The van der Waals surface area contributed by atoms with Gasteiger partial charge in [-0.05, 0) is 67.3 Å². The van der Waals surface area contributed by atoms with Gasteiger partial charge < -0.3 is 19.3 Å². The van der Waals surface area contributed by atoms with Gasteiger partial charge in [0.2, 0.25) is 0 Å². The molecule has 0 aliphatic rings. The van der Waals surface area contributed by atoms with Crippen LogP contribution < -0.4 is 14.2 Å². The van der Waals surface area contributed by atoms with Gasteiger partial charge in [-0.3, -0.25) is 4.79 Å². The lowest BCUT2D eigenvalue weighted by atomic mass is 10.0. The van der Waals surface area contributed by atoms with Gasteiger partial charge in [0.05, 0.1) is 12.7 Å². The van der Waals surface area contributed by atoms with E-state index < -0.39 is 5.97 Å². The molecule has 0 heterocycles. The Morgan fingerprint density at radius 1 is 0.970 bits per heavy atom. The minimum absolute atomic E-state index is 0.107. The minimum Gasteiger partial charge on any atom is -0.493 e. The third kappa shape index (κ3) is 7.72. The minimum atomic E-state index is -0.788. The van der Waals surface area contributed by atoms with Crippen molar-refractivity contribution in [1.29, 1.82) is 0 Å². The van der Waals surface area contributed by atoms with E-state index in [1.165, 1.54) is 0 Å². The number of benzene rings is 3. The first kappa shape index (κ1) is 24.5. The molecule has 174 valence electrons. The standard InChI is InChI=1S/C27H29ClO5/c1-3-20-17-24(12-9-21(20)10-14-27(29)30)31-16-15-19(2)32-25-13-11-22(28)18-26(25)33-23-7-5-4-6-8-23/h4-9,11-13,17-19H,3,10,14-16H2,1-2H3,(H,29,30)/t19-/m0/s1. The number of hydrogen-bond donors (Lipinski definition) is 1. The fourth-order valence-electron chi connectivity index (χ4n) is 3.40. The van der Waals surface area contributed by atoms with E-state index in [2.05, 4.69) is 6.92 Å². The molecule has 0 bridgehead atoms. The summed E-state index contributed by atoms with van der Waals surface area (Å²) in [7, 11) is 0. The van der Waals surface area contributed by atoms with Crippen LogP contribution in [0.2, 0.25) is 5.02 Å². The quantitative estimate of drug-likeness (QED) is 0.311. The zero-order valence-electron chi connectivity index (χ0n) is 18.9. The SMILES string of the molecule is CCc1cc(OCC[C@H](C)Oc2ccc(Cl)cc2Oc2ccccc2)ccc1CCC(=O)O. The summed E-state index contributed by atoms with van der Waals surface area (Å²) in [5.41, 5.74) is 2.17. The number of halogens is 1. The van der Waals surface area contributed by atoms with Crippen molar-refractivity contribution >= 4 is 17.6 Å². The van der Waals surface area contributed by atoms with E-state index in [9.17, 15) is 4.79 Å². The molecule has 33 heavy (non-hydrogen) atoms. The highest BCUT2D eigenvalue weighted by atomic mass is 35.5. The van der Waals surface area contributed by atoms with Crippen molar-refractivity contribution in [2.75, 3.05) is 6.61 Å². The number of hydrogen-bond acceptors (Lipinski definition) is 4. The van der Waals surface area contributed by atoms with Crippen molar-refractivity contribution in [2.45, 2.75) is 45.6 Å². The van der Waals surface area contributed by atoms with Gasteiger partial charge in [0.25, 0.3) is 0 Å². The topological polar surface area (TPSA) is 65.0 Å². The van der Waals surface area contributed by atoms with Crippen LogP contribution in [-0.4, -0.2) is 23.8 Å². The molecule has 0 aromatic heterocycles. The van der Waals surface area contributed by atoms with Crippen molar-refractivity contribution in [3.63, 3.8) is 0 Å². The van der Waals surface area contributed by atoms with Crippen LogP contribution in [0.1, 0.15) is 37.8 Å². The van der Waals surface area contributed by atoms with Gasteiger partial charge in [-0.25, -0.2) is 0 Å². The maximum Gasteiger partial charge on any atom is 0.303 e. The highest BCUT2D eigenvalue weighted by Gasteiger charge is 2.12. The lowest BCUT2D eigenvalue weighted by Gasteiger charge is -2.18. The molecule has 1 atom stereocenters. The summed E-state index contributed by atoms with van der Waals surface area (Å²) < 4.78 is 18.0. The zero-order chi connectivity index (χ0) is 23.6. The molecule has 0 fully saturated rings. The fraction of sp³-hybridized carbons (Fsp3) is 0.296. The number of ether oxygens (including phenoxy) is 3. The Morgan fingerprint density at radius 2 is 1.76 bits per heavy atom. The largest absolute Gasteiger partial charge is 0.493 e. The van der Waals surface area contributed by atoms with Gasteiger partial charge in [-0.2, -0.15) is 0 Å². The first-order chi connectivity index (χ1) is 15.9. The molecule has 0 spiro atoms. The Balaban J connectivity index is 1.55. The number of carbonyl (C=O) groups is 1. The molecule has 0 radical (unpaired) electrons. The summed E-state index contributed by atoms with van der Waals surface area (Å²) >= 11 is 6.16. The second-order valence-electron chi connectivity index (χ2n) is 7.75. The number of carboxylic acid groups (broad SMARTS) is 1. The van der Waals surface area contributed by atoms with Gasteiger partial charge in [0, 0.05) is 23.9 Å². The second kappa shape index (κ2) is 12.2. The molecule has 1 N–H and O–H groups in total. The zero-order valence-corrected chi connectivity index (χ0v) is 19.7. The Hall–Kier alpha value is -3.18. The average molecular weight is 469 g/mol. The van der Waals surface area contributed by atoms with Crippen molar-refractivity contribution in [1.82, 2.24) is 0 Å². The van der Waals surface area contributed by atoms with Crippen LogP contribution >= 0.6 is 11.6 Å². The summed E-state index contributed by atoms with van der Waals surface area (Å²) in [6, 6.07) is 20.7. The first-order valence-corrected chi connectivity index (χ1v) is 11.5. The molecule has 6 heteroatoms. The molecule has 0 saturated heterocycles. The predicted octanol–water partition coefficient (Wildman–Crippen LogP) is 6.95. The second-order valence-corrected chi connectivity index (χ2v) is 8.19. The van der Waals surface area contributed by atoms with Crippen LogP contribution in [0.15, 0.2) is 66.7 Å². The van der Waals surface area contributed by atoms with E-state index in [0.29, 0.717) is 41.7 Å². The number of aryl methyl sites for hydroxylation is 2. The maximum absolute atomic E-state index is 10.9. The van der Waals surface area contributed by atoms with E-state index in [1.54, 1.807) is 18.2 Å². The lowest BCUT2D eigenvalue weighted by molar-refractivity contribution is -0.136. The van der Waals surface area contributed by atoms with Gasteiger partial charge in [0.15, 0.2) is 11.5 Å². The monoisotopic (exact) mass is 468 g/mol. The van der Waals surface area contributed by atoms with Crippen molar-refractivity contribution < 1.29 is 24.1 Å². The van der Waals surface area contributed by atoms with Crippen LogP contribution in [0.4, 0.5) is 0 Å². The van der Waals surface area contributed by atoms with Crippen molar-refractivity contribution in [2.24, 2.45) is 0 Å². The Kier molecular flexibility index (Phi) is 9.02. The summed E-state index contributed by atoms with van der Waals surface area (Å²) in [4.78, 5) is 10.9. The average Bonchev–Trinajstić information content (AvgIpc) is 2.80. The van der Waals surface area contributed by atoms with Crippen LogP contribution in [0.25, 0.3) is 0 Å². The molecular formula is C27H29ClO5. The smallest absolute Gasteiger partial charge is 0.303 e. The van der Waals surface area contributed by atoms with Crippen molar-refractivity contribution in [3.05, 3.63) is 82.9 Å². The van der Waals surface area contributed by atoms with E-state index in [0.717, 1.165) is 23.3 Å². The Morgan fingerprint density at radius 3 is 2.48 bits per heavy atom. The van der Waals surface area contributed by atoms with Gasteiger partial charge in [-0.1, -0.05) is 42.8 Å². The normalized spacial score (nSPS) is 11.6. The number of para-hydroxylation sites is 1. The lowest BCUT2D eigenvalue weighted by Crippen LogP contribution is -2.16. The van der Waals surface area contributed by atoms with Gasteiger partial charge >= 0.3 is 5.97 Å². The van der Waals surface area contributed by atoms with Gasteiger partial charge in [-0.15, -0.1) is 0 Å². The number of aliphatic carboxylic acids is 1. The van der Waals surface area contributed by atoms with Gasteiger partial charge in [0.1, 0.15) is 11.5 Å². The number of carboxylic acids is 1. The van der Waals surface area contributed by atoms with Crippen LogP contribution in [0, 0.1) is 0 Å². The molecule has 0 saturated carbocycles. The third-order valence-corrected chi connectivity index (χ3v) is 5.40. The molecule has 0 amide bonds. The summed E-state index contributed by atoms with van der Waals surface area (Å²) in [6.07, 6.45) is 2.05. The maximum atomic E-state index is 10.9. The Labute approximate surface area is 199 Å². The van der Waals surface area contributed by atoms with E-state index >= 15 is 0 Å². The Bertz CT molecular complexity index is 1050. The fourth-order valence-corrected chi connectivity index (χ4v) is 3.56. The molecule has 3 aromatic carbocycles. The molecule has 0 unspecified atom stereocenters. The molecule has 5 nitrogen and oxygen atoms in total. The van der Waals surface area contributed by atoms with E-state index in [1.807, 2.05) is 55.5 Å². The van der Waals surface area contributed by atoms with Crippen LogP contribution in [-0.2, 0) is 17.6 Å². The summed E-state index contributed by atoms with van der Waals surface area (Å²) in [5, 5.41) is 9.49. The molecule has 3 rings (SSSR count). The molecule has 0 aliphatic heterocycles. The highest BCUT2D eigenvalue weighted by molar-refractivity contribution is 6.30. The van der Waals surface area contributed by atoms with E-state index in [4.69, 9.17) is 30.9 Å². The van der Waals surface area contributed by atoms with Crippen molar-refractivity contribution in [3.8, 4) is 23.0 Å². The predicted molar refractivity (Wildman–Crippen MR) is 130 cm³/mol.